The lowest BCUT2D eigenvalue weighted by molar-refractivity contribution is 0.630. The molecule has 4 heteroatoms. The molecule has 1 heterocycles. The molecule has 0 fully saturated rings. The molecule has 0 amide bonds. The molecule has 0 aliphatic rings. The zero-order chi connectivity index (χ0) is 11.5. The summed E-state index contributed by atoms with van der Waals surface area (Å²) >= 11 is 4.85. The summed E-state index contributed by atoms with van der Waals surface area (Å²) in [6.07, 6.45) is 2.00. The Balaban J connectivity index is 2.42. The number of halogens is 2. The van der Waals surface area contributed by atoms with Gasteiger partial charge in [-0.25, -0.2) is 9.37 Å². The first kappa shape index (κ1) is 11.7. The number of aromatic nitrogens is 1. The van der Waals surface area contributed by atoms with Crippen molar-refractivity contribution in [1.82, 2.24) is 4.98 Å². The van der Waals surface area contributed by atoms with Crippen molar-refractivity contribution in [2.75, 3.05) is 0 Å². The van der Waals surface area contributed by atoms with Crippen LogP contribution in [0.1, 0.15) is 19.0 Å². The van der Waals surface area contributed by atoms with E-state index >= 15 is 0 Å². The fourth-order valence-electron chi connectivity index (χ4n) is 1.49. The van der Waals surface area contributed by atoms with Gasteiger partial charge in [0, 0.05) is 9.85 Å². The van der Waals surface area contributed by atoms with Gasteiger partial charge in [0.05, 0.1) is 11.3 Å². The van der Waals surface area contributed by atoms with Crippen LogP contribution in [0.5, 0.6) is 0 Å². The van der Waals surface area contributed by atoms with E-state index in [2.05, 4.69) is 27.8 Å². The lowest BCUT2D eigenvalue weighted by Crippen LogP contribution is -1.87. The largest absolute Gasteiger partial charge is 0.241 e. The van der Waals surface area contributed by atoms with Crippen LogP contribution in [0, 0.1) is 5.82 Å². The molecule has 1 aromatic carbocycles. The smallest absolute Gasteiger partial charge is 0.134 e. The summed E-state index contributed by atoms with van der Waals surface area (Å²) in [5.74, 6) is -0.230. The minimum absolute atomic E-state index is 0.230. The maximum atomic E-state index is 13.7. The van der Waals surface area contributed by atoms with Gasteiger partial charge >= 0.3 is 0 Å². The molecule has 2 aromatic rings. The van der Waals surface area contributed by atoms with E-state index in [0.717, 1.165) is 28.0 Å². The Morgan fingerprint density at radius 3 is 2.94 bits per heavy atom. The third kappa shape index (κ3) is 2.33. The fraction of sp³-hybridized carbons (Fsp3) is 0.250. The molecule has 1 nitrogen and oxygen atoms in total. The first-order chi connectivity index (χ1) is 7.72. The molecule has 0 aliphatic heterocycles. The summed E-state index contributed by atoms with van der Waals surface area (Å²) in [5, 5.41) is 2.74. The van der Waals surface area contributed by atoms with Crippen molar-refractivity contribution < 1.29 is 4.39 Å². The Morgan fingerprint density at radius 2 is 2.25 bits per heavy atom. The van der Waals surface area contributed by atoms with E-state index in [0.29, 0.717) is 5.56 Å². The molecule has 0 spiro atoms. The van der Waals surface area contributed by atoms with Gasteiger partial charge in [-0.3, -0.25) is 0 Å². The van der Waals surface area contributed by atoms with Crippen molar-refractivity contribution in [1.29, 1.82) is 0 Å². The monoisotopic (exact) mass is 299 g/mol. The zero-order valence-corrected chi connectivity index (χ0v) is 11.2. The minimum atomic E-state index is -0.230. The second kappa shape index (κ2) is 5.06. The van der Waals surface area contributed by atoms with Gasteiger partial charge in [-0.15, -0.1) is 11.3 Å². The van der Waals surface area contributed by atoms with Crippen molar-refractivity contribution >= 4 is 27.3 Å². The number of nitrogens with zero attached hydrogens (tertiary/aromatic N) is 1. The number of benzene rings is 1. The maximum Gasteiger partial charge on any atom is 0.134 e. The van der Waals surface area contributed by atoms with E-state index < -0.39 is 0 Å². The van der Waals surface area contributed by atoms with Crippen LogP contribution in [-0.4, -0.2) is 4.98 Å². The van der Waals surface area contributed by atoms with Crippen LogP contribution in [-0.2, 0) is 6.42 Å². The van der Waals surface area contributed by atoms with Gasteiger partial charge < -0.3 is 0 Å². The second-order valence-electron chi connectivity index (χ2n) is 3.49. The molecule has 16 heavy (non-hydrogen) atoms. The van der Waals surface area contributed by atoms with Gasteiger partial charge in [0.1, 0.15) is 10.8 Å². The molecule has 0 saturated heterocycles. The molecule has 1 aromatic heterocycles. The predicted molar refractivity (Wildman–Crippen MR) is 69.2 cm³/mol. The second-order valence-corrected chi connectivity index (χ2v) is 5.20. The molecule has 2 rings (SSSR count). The van der Waals surface area contributed by atoms with Crippen LogP contribution in [0.4, 0.5) is 4.39 Å². The lowest BCUT2D eigenvalue weighted by atomic mass is 10.2. The zero-order valence-electron chi connectivity index (χ0n) is 8.84. The Hall–Kier alpha value is -0.740. The van der Waals surface area contributed by atoms with Crippen molar-refractivity contribution in [3.05, 3.63) is 39.6 Å². The topological polar surface area (TPSA) is 12.9 Å². The molecule has 0 radical (unpaired) electrons. The summed E-state index contributed by atoms with van der Waals surface area (Å²) in [6, 6.07) is 4.98. The minimum Gasteiger partial charge on any atom is -0.241 e. The molecule has 0 aliphatic carbocycles. The van der Waals surface area contributed by atoms with E-state index in [1.807, 2.05) is 11.4 Å². The van der Waals surface area contributed by atoms with Crippen LogP contribution in [0.15, 0.2) is 28.1 Å². The van der Waals surface area contributed by atoms with Crippen LogP contribution in [0.3, 0.4) is 0 Å². The van der Waals surface area contributed by atoms with E-state index in [9.17, 15) is 4.39 Å². The normalized spacial score (nSPS) is 10.7. The Kier molecular flexibility index (Phi) is 3.71. The molecule has 0 unspecified atom stereocenters. The van der Waals surface area contributed by atoms with Crippen LogP contribution < -0.4 is 0 Å². The Morgan fingerprint density at radius 1 is 1.44 bits per heavy atom. The van der Waals surface area contributed by atoms with Gasteiger partial charge in [-0.1, -0.05) is 19.4 Å². The first-order valence-electron chi connectivity index (χ1n) is 5.11. The van der Waals surface area contributed by atoms with Crippen molar-refractivity contribution in [2.45, 2.75) is 19.8 Å². The third-order valence-electron chi connectivity index (χ3n) is 2.23. The number of rotatable bonds is 3. The van der Waals surface area contributed by atoms with Gasteiger partial charge in [0.25, 0.3) is 0 Å². The van der Waals surface area contributed by atoms with E-state index in [1.54, 1.807) is 6.07 Å². The van der Waals surface area contributed by atoms with Crippen LogP contribution in [0.25, 0.3) is 10.6 Å². The highest BCUT2D eigenvalue weighted by Gasteiger charge is 2.12. The number of aryl methyl sites for hydroxylation is 1. The van der Waals surface area contributed by atoms with E-state index in [-0.39, 0.29) is 5.82 Å². The first-order valence-corrected chi connectivity index (χ1v) is 6.78. The summed E-state index contributed by atoms with van der Waals surface area (Å²) in [7, 11) is 0. The summed E-state index contributed by atoms with van der Waals surface area (Å²) < 4.78 is 14.4. The van der Waals surface area contributed by atoms with Crippen LogP contribution in [0.2, 0.25) is 0 Å². The Labute approximate surface area is 106 Å². The van der Waals surface area contributed by atoms with Gasteiger partial charge in [-0.2, -0.15) is 0 Å². The number of thiazole rings is 1. The highest BCUT2D eigenvalue weighted by molar-refractivity contribution is 9.10. The molecule has 0 saturated carbocycles. The third-order valence-corrected chi connectivity index (χ3v) is 3.80. The van der Waals surface area contributed by atoms with E-state index in [4.69, 9.17) is 0 Å². The average Bonchev–Trinajstić information content (AvgIpc) is 2.67. The molecular formula is C12H11BrFNS. The maximum absolute atomic E-state index is 13.7. The fourth-order valence-corrected chi connectivity index (χ4v) is 3.07. The predicted octanol–water partition coefficient (Wildman–Crippen LogP) is 4.66. The number of hydrogen-bond donors (Lipinski definition) is 0. The van der Waals surface area contributed by atoms with Crippen LogP contribution >= 0.6 is 27.3 Å². The Bertz CT molecular complexity index is 475. The van der Waals surface area contributed by atoms with Crippen molar-refractivity contribution in [3.8, 4) is 10.6 Å². The summed E-state index contributed by atoms with van der Waals surface area (Å²) in [5.41, 5.74) is 1.60. The highest BCUT2D eigenvalue weighted by atomic mass is 79.9. The summed E-state index contributed by atoms with van der Waals surface area (Å²) in [6.45, 7) is 2.11. The highest BCUT2D eigenvalue weighted by Crippen LogP contribution is 2.33. The lowest BCUT2D eigenvalue weighted by Gasteiger charge is -2.01. The van der Waals surface area contributed by atoms with Crippen molar-refractivity contribution in [2.24, 2.45) is 0 Å². The van der Waals surface area contributed by atoms with Gasteiger partial charge in [0.2, 0.25) is 0 Å². The van der Waals surface area contributed by atoms with Crippen molar-refractivity contribution in [3.63, 3.8) is 0 Å². The van der Waals surface area contributed by atoms with E-state index in [1.165, 1.54) is 17.4 Å². The van der Waals surface area contributed by atoms with Gasteiger partial charge in [-0.05, 0) is 34.5 Å². The quantitative estimate of drug-likeness (QED) is 0.803. The molecular weight excluding hydrogens is 289 g/mol. The number of hydrogen-bond acceptors (Lipinski definition) is 2. The molecule has 0 atom stereocenters. The van der Waals surface area contributed by atoms with Gasteiger partial charge in [0.15, 0.2) is 0 Å². The average molecular weight is 300 g/mol. The molecule has 84 valence electrons. The summed E-state index contributed by atoms with van der Waals surface area (Å²) in [4.78, 5) is 4.44. The molecule has 0 N–H and O–H groups in total. The SMILES string of the molecule is CCCc1csc(-c2c(F)cccc2Br)n1. The molecule has 0 bridgehead atoms. The standard InChI is InChI=1S/C12H11BrFNS/c1-2-4-8-7-16-12(15-8)11-9(13)5-3-6-10(11)14/h3,5-7H,2,4H2,1H3.